The summed E-state index contributed by atoms with van der Waals surface area (Å²) in [5.41, 5.74) is 3.36. The van der Waals surface area contributed by atoms with Crippen LogP contribution in [0.2, 0.25) is 0 Å². The lowest BCUT2D eigenvalue weighted by atomic mass is 10.0. The fourth-order valence-electron chi connectivity index (χ4n) is 2.49. The molecule has 0 aliphatic heterocycles. The highest BCUT2D eigenvalue weighted by atomic mass is 16.3. The Bertz CT molecular complexity index is 560. The van der Waals surface area contributed by atoms with E-state index in [9.17, 15) is 5.11 Å². The van der Waals surface area contributed by atoms with Crippen molar-refractivity contribution in [2.75, 3.05) is 0 Å². The van der Waals surface area contributed by atoms with Crippen LogP contribution in [0.15, 0.2) is 24.7 Å². The molecule has 1 N–H and O–H groups in total. The van der Waals surface area contributed by atoms with Crippen LogP contribution >= 0.6 is 0 Å². The summed E-state index contributed by atoms with van der Waals surface area (Å²) in [5, 5.41) is 9.63. The molecule has 1 aliphatic carbocycles. The van der Waals surface area contributed by atoms with Gasteiger partial charge in [-0.05, 0) is 50.3 Å². The van der Waals surface area contributed by atoms with Gasteiger partial charge in [0.2, 0.25) is 0 Å². The third kappa shape index (κ3) is 1.93. The summed E-state index contributed by atoms with van der Waals surface area (Å²) in [6, 6.07) is 3.78. The normalized spacial score (nSPS) is 16.3. The number of nitrogens with zero attached hydrogens (tertiary/aromatic N) is 3. The van der Waals surface area contributed by atoms with Gasteiger partial charge >= 0.3 is 0 Å². The van der Waals surface area contributed by atoms with Gasteiger partial charge in [-0.3, -0.25) is 4.57 Å². The second-order valence-corrected chi connectivity index (χ2v) is 4.84. The van der Waals surface area contributed by atoms with E-state index >= 15 is 0 Å². The average Bonchev–Trinajstić information content (AvgIpc) is 2.82. The van der Waals surface area contributed by atoms with E-state index in [1.165, 1.54) is 24.2 Å². The minimum Gasteiger partial charge on any atom is -0.389 e. The maximum atomic E-state index is 9.63. The second kappa shape index (κ2) is 4.53. The van der Waals surface area contributed by atoms with Gasteiger partial charge in [0, 0.05) is 11.9 Å². The molecule has 0 spiro atoms. The molecule has 0 fully saturated rings. The number of hydrogen-bond donors (Lipinski definition) is 1. The number of aryl methyl sites for hydroxylation is 1. The van der Waals surface area contributed by atoms with Crippen molar-refractivity contribution in [2.24, 2.45) is 0 Å². The van der Waals surface area contributed by atoms with Crippen molar-refractivity contribution in [2.45, 2.75) is 38.7 Å². The van der Waals surface area contributed by atoms with Gasteiger partial charge in [-0.1, -0.05) is 0 Å². The third-order valence-corrected chi connectivity index (χ3v) is 3.53. The molecule has 2 aromatic heterocycles. The van der Waals surface area contributed by atoms with Crippen LogP contribution in [0.4, 0.5) is 0 Å². The quantitative estimate of drug-likeness (QED) is 0.879. The van der Waals surface area contributed by atoms with Gasteiger partial charge in [0.05, 0.1) is 11.8 Å². The maximum Gasteiger partial charge on any atom is 0.138 e. The monoisotopic (exact) mass is 243 g/mol. The maximum absolute atomic E-state index is 9.63. The highest BCUT2D eigenvalue weighted by Gasteiger charge is 2.16. The van der Waals surface area contributed by atoms with Gasteiger partial charge in [-0.2, -0.15) is 0 Å². The average molecular weight is 243 g/mol. The van der Waals surface area contributed by atoms with Crippen molar-refractivity contribution >= 4 is 0 Å². The van der Waals surface area contributed by atoms with Crippen molar-refractivity contribution in [3.63, 3.8) is 0 Å². The Morgan fingerprint density at radius 1 is 1.28 bits per heavy atom. The summed E-state index contributed by atoms with van der Waals surface area (Å²) in [5.74, 6) is 0.851. The van der Waals surface area contributed by atoms with Crippen LogP contribution in [-0.4, -0.2) is 19.6 Å². The first kappa shape index (κ1) is 11.4. The summed E-state index contributed by atoms with van der Waals surface area (Å²) in [6.07, 6.45) is 7.71. The van der Waals surface area contributed by atoms with E-state index in [1.807, 2.05) is 18.5 Å². The Hall–Kier alpha value is -1.68. The number of aliphatic hydroxyl groups excluding tert-OH is 1. The Morgan fingerprint density at radius 2 is 2.11 bits per heavy atom. The van der Waals surface area contributed by atoms with Crippen LogP contribution in [0, 0.1) is 0 Å². The van der Waals surface area contributed by atoms with Crippen LogP contribution < -0.4 is 0 Å². The zero-order chi connectivity index (χ0) is 12.5. The first-order chi connectivity index (χ1) is 8.75. The molecule has 0 amide bonds. The van der Waals surface area contributed by atoms with Gasteiger partial charge in [0.15, 0.2) is 0 Å². The number of rotatable bonds is 2. The van der Waals surface area contributed by atoms with Crippen molar-refractivity contribution in [3.8, 4) is 5.82 Å². The molecular formula is C14H17N3O. The van der Waals surface area contributed by atoms with Gasteiger partial charge in [0.1, 0.15) is 12.1 Å². The largest absolute Gasteiger partial charge is 0.389 e. The van der Waals surface area contributed by atoms with Crippen molar-refractivity contribution in [1.29, 1.82) is 0 Å². The molecule has 1 aliphatic rings. The summed E-state index contributed by atoms with van der Waals surface area (Å²) < 4.78 is 2.06. The van der Waals surface area contributed by atoms with E-state index in [2.05, 4.69) is 14.5 Å². The molecule has 4 heteroatoms. The van der Waals surface area contributed by atoms with E-state index in [0.717, 1.165) is 24.2 Å². The minimum absolute atomic E-state index is 0.467. The smallest absolute Gasteiger partial charge is 0.138 e. The second-order valence-electron chi connectivity index (χ2n) is 4.84. The molecule has 4 nitrogen and oxygen atoms in total. The van der Waals surface area contributed by atoms with Gasteiger partial charge in [0.25, 0.3) is 0 Å². The predicted octanol–water partition coefficient (Wildman–Crippen LogP) is 2.20. The topological polar surface area (TPSA) is 50.9 Å². The molecule has 18 heavy (non-hydrogen) atoms. The number of fused-ring (bicyclic) bond motifs is 1. The number of aliphatic hydroxyl groups is 1. The van der Waals surface area contributed by atoms with Gasteiger partial charge < -0.3 is 5.11 Å². The fraction of sp³-hybridized carbons (Fsp3) is 0.429. The first-order valence-electron chi connectivity index (χ1n) is 6.45. The molecule has 0 aromatic carbocycles. The number of aromatic nitrogens is 3. The highest BCUT2D eigenvalue weighted by molar-refractivity contribution is 5.33. The Balaban J connectivity index is 2.04. The molecular weight excluding hydrogens is 226 g/mol. The molecule has 0 unspecified atom stereocenters. The molecule has 3 rings (SSSR count). The fourth-order valence-corrected chi connectivity index (χ4v) is 2.49. The van der Waals surface area contributed by atoms with E-state index in [0.29, 0.717) is 0 Å². The first-order valence-corrected chi connectivity index (χ1v) is 6.45. The van der Waals surface area contributed by atoms with E-state index in [1.54, 1.807) is 13.1 Å². The SMILES string of the molecule is C[C@@H](O)c1ccnc(-n2cnc3c2CCCC3)c1. The molecule has 2 heterocycles. The molecule has 0 bridgehead atoms. The minimum atomic E-state index is -0.467. The van der Waals surface area contributed by atoms with E-state index in [-0.39, 0.29) is 0 Å². The summed E-state index contributed by atoms with van der Waals surface area (Å²) in [4.78, 5) is 8.85. The summed E-state index contributed by atoms with van der Waals surface area (Å²) in [7, 11) is 0. The number of imidazole rings is 1. The molecule has 0 radical (unpaired) electrons. The number of pyridine rings is 1. The lowest BCUT2D eigenvalue weighted by Gasteiger charge is -2.14. The standard InChI is InChI=1S/C14H17N3O/c1-10(18)11-6-7-15-14(8-11)17-9-16-12-4-2-3-5-13(12)17/h6-10,18H,2-5H2,1H3/t10-/m1/s1. The summed E-state index contributed by atoms with van der Waals surface area (Å²) in [6.45, 7) is 1.77. The highest BCUT2D eigenvalue weighted by Crippen LogP contribution is 2.23. The number of hydrogen-bond acceptors (Lipinski definition) is 3. The molecule has 94 valence electrons. The van der Waals surface area contributed by atoms with Crippen LogP contribution in [0.3, 0.4) is 0 Å². The van der Waals surface area contributed by atoms with Crippen molar-refractivity contribution < 1.29 is 5.11 Å². The zero-order valence-electron chi connectivity index (χ0n) is 10.5. The zero-order valence-corrected chi connectivity index (χ0v) is 10.5. The molecule has 1 atom stereocenters. The lowest BCUT2D eigenvalue weighted by Crippen LogP contribution is -2.08. The Labute approximate surface area is 106 Å². The molecule has 2 aromatic rings. The third-order valence-electron chi connectivity index (χ3n) is 3.53. The molecule has 0 saturated carbocycles. The van der Waals surface area contributed by atoms with Crippen LogP contribution in [0.5, 0.6) is 0 Å². The van der Waals surface area contributed by atoms with Crippen molar-refractivity contribution in [3.05, 3.63) is 41.6 Å². The molecule has 0 saturated heterocycles. The van der Waals surface area contributed by atoms with E-state index < -0.39 is 6.10 Å². The van der Waals surface area contributed by atoms with Gasteiger partial charge in [-0.25, -0.2) is 9.97 Å². The lowest BCUT2D eigenvalue weighted by molar-refractivity contribution is 0.199. The van der Waals surface area contributed by atoms with Crippen LogP contribution in [0.1, 0.15) is 42.8 Å². The summed E-state index contributed by atoms with van der Waals surface area (Å²) >= 11 is 0. The Kier molecular flexibility index (Phi) is 2.88. The Morgan fingerprint density at radius 3 is 2.94 bits per heavy atom. The van der Waals surface area contributed by atoms with Gasteiger partial charge in [-0.15, -0.1) is 0 Å². The van der Waals surface area contributed by atoms with Crippen LogP contribution in [-0.2, 0) is 12.8 Å². The van der Waals surface area contributed by atoms with Crippen molar-refractivity contribution in [1.82, 2.24) is 14.5 Å². The van der Waals surface area contributed by atoms with E-state index in [4.69, 9.17) is 0 Å². The predicted molar refractivity (Wildman–Crippen MR) is 68.6 cm³/mol. The van der Waals surface area contributed by atoms with Crippen LogP contribution in [0.25, 0.3) is 5.82 Å².